The van der Waals surface area contributed by atoms with Crippen molar-refractivity contribution in [3.8, 4) is 0 Å². The lowest BCUT2D eigenvalue weighted by molar-refractivity contribution is -0.121. The van der Waals surface area contributed by atoms with Gasteiger partial charge in [-0.15, -0.1) is 0 Å². The molecule has 7 nitrogen and oxygen atoms in total. The minimum Gasteiger partial charge on any atom is -0.368 e. The van der Waals surface area contributed by atoms with Crippen LogP contribution in [-0.2, 0) is 23.0 Å². The number of nitrogens with one attached hydrogen (secondary N) is 1. The van der Waals surface area contributed by atoms with E-state index < -0.39 is 0 Å². The van der Waals surface area contributed by atoms with E-state index in [4.69, 9.17) is 9.26 Å². The molecule has 1 N–H and O–H groups in total. The first-order valence-corrected chi connectivity index (χ1v) is 7.94. The molecule has 0 aliphatic carbocycles. The molecule has 2 atom stereocenters. The predicted octanol–water partition coefficient (Wildman–Crippen LogP) is 1.75. The third-order valence-electron chi connectivity index (χ3n) is 4.33. The van der Waals surface area contributed by atoms with E-state index in [1.54, 1.807) is 6.20 Å². The Kier molecular flexibility index (Phi) is 3.78. The highest BCUT2D eigenvalue weighted by Gasteiger charge is 2.33. The molecule has 0 spiro atoms. The number of hydrogen-bond donors (Lipinski definition) is 1. The molecule has 3 aromatic rings. The molecule has 24 heavy (non-hydrogen) atoms. The number of para-hydroxylation sites is 1. The second-order valence-electron chi connectivity index (χ2n) is 5.95. The largest absolute Gasteiger partial charge is 0.368 e. The lowest BCUT2D eigenvalue weighted by Gasteiger charge is -2.19. The van der Waals surface area contributed by atoms with Crippen molar-refractivity contribution in [1.82, 2.24) is 20.0 Å². The van der Waals surface area contributed by atoms with Gasteiger partial charge in [0.2, 0.25) is 5.91 Å². The van der Waals surface area contributed by atoms with Crippen LogP contribution < -0.4 is 5.32 Å². The van der Waals surface area contributed by atoms with Gasteiger partial charge in [0.05, 0.1) is 12.5 Å². The van der Waals surface area contributed by atoms with Gasteiger partial charge in [-0.2, -0.15) is 0 Å². The molecule has 1 aliphatic rings. The van der Waals surface area contributed by atoms with Crippen LogP contribution >= 0.6 is 0 Å². The average Bonchev–Trinajstić information content (AvgIpc) is 3.28. The topological polar surface area (TPSA) is 82.2 Å². The molecule has 7 heteroatoms. The van der Waals surface area contributed by atoms with E-state index in [1.807, 2.05) is 42.1 Å². The summed E-state index contributed by atoms with van der Waals surface area (Å²) >= 11 is 0. The van der Waals surface area contributed by atoms with E-state index in [0.717, 1.165) is 17.6 Å². The lowest BCUT2D eigenvalue weighted by Crippen LogP contribution is -2.38. The minimum atomic E-state index is -0.219. The zero-order valence-corrected chi connectivity index (χ0v) is 13.3. The Morgan fingerprint density at radius 3 is 3.12 bits per heavy atom. The van der Waals surface area contributed by atoms with E-state index in [0.29, 0.717) is 17.9 Å². The fourth-order valence-corrected chi connectivity index (χ4v) is 3.12. The number of amides is 1. The van der Waals surface area contributed by atoms with Crippen molar-refractivity contribution < 1.29 is 14.1 Å². The van der Waals surface area contributed by atoms with Gasteiger partial charge in [0, 0.05) is 31.4 Å². The van der Waals surface area contributed by atoms with Crippen molar-refractivity contribution in [2.24, 2.45) is 7.05 Å². The minimum absolute atomic E-state index is 0.0863. The van der Waals surface area contributed by atoms with Crippen LogP contribution in [0.25, 0.3) is 11.0 Å². The fourth-order valence-electron chi connectivity index (χ4n) is 3.12. The molecule has 0 bridgehead atoms. The summed E-state index contributed by atoms with van der Waals surface area (Å²) in [6.07, 6.45) is 4.33. The summed E-state index contributed by atoms with van der Waals surface area (Å²) in [5.74, 6) is 0.730. The van der Waals surface area contributed by atoms with Gasteiger partial charge in [0.25, 0.3) is 0 Å². The Balaban J connectivity index is 1.47. The predicted molar refractivity (Wildman–Crippen MR) is 86.2 cm³/mol. The van der Waals surface area contributed by atoms with Gasteiger partial charge in [-0.05, 0) is 18.6 Å². The lowest BCUT2D eigenvalue weighted by atomic mass is 10.1. The molecular formula is C17H18N4O3. The zero-order valence-electron chi connectivity index (χ0n) is 13.3. The number of ether oxygens (including phenoxy) is 1. The number of aromatic nitrogens is 3. The fraction of sp³-hybridized carbons (Fsp3) is 0.353. The van der Waals surface area contributed by atoms with Crippen LogP contribution in [0, 0.1) is 0 Å². The smallest absolute Gasteiger partial charge is 0.226 e. The van der Waals surface area contributed by atoms with Crippen LogP contribution in [0.3, 0.4) is 0 Å². The van der Waals surface area contributed by atoms with E-state index in [9.17, 15) is 4.79 Å². The van der Waals surface area contributed by atoms with Crippen molar-refractivity contribution in [3.05, 3.63) is 48.2 Å². The second-order valence-corrected chi connectivity index (χ2v) is 5.95. The first-order chi connectivity index (χ1) is 11.7. The number of imidazole rings is 1. The van der Waals surface area contributed by atoms with Gasteiger partial charge in [0.1, 0.15) is 17.6 Å². The summed E-state index contributed by atoms with van der Waals surface area (Å²) in [7, 11) is 1.92. The number of carbonyl (C=O) groups is 1. The molecule has 1 saturated heterocycles. The molecule has 0 unspecified atom stereocenters. The molecule has 4 rings (SSSR count). The number of hydrogen-bond acceptors (Lipinski definition) is 5. The molecule has 0 saturated carbocycles. The first-order valence-electron chi connectivity index (χ1n) is 7.94. The molecular weight excluding hydrogens is 308 g/mol. The van der Waals surface area contributed by atoms with E-state index in [2.05, 4.69) is 15.5 Å². The van der Waals surface area contributed by atoms with Crippen molar-refractivity contribution in [3.63, 3.8) is 0 Å². The maximum atomic E-state index is 12.4. The van der Waals surface area contributed by atoms with Crippen molar-refractivity contribution >= 4 is 16.9 Å². The normalized spacial score (nSPS) is 20.5. The van der Waals surface area contributed by atoms with Crippen LogP contribution in [-0.4, -0.2) is 33.3 Å². The molecule has 1 aromatic carbocycles. The number of carbonyl (C=O) groups excluding carboxylic acids is 1. The highest BCUT2D eigenvalue weighted by Crippen LogP contribution is 2.28. The Labute approximate surface area is 138 Å². The van der Waals surface area contributed by atoms with Crippen LogP contribution in [0.5, 0.6) is 0 Å². The highest BCUT2D eigenvalue weighted by molar-refractivity contribution is 5.86. The summed E-state index contributed by atoms with van der Waals surface area (Å²) in [4.78, 5) is 16.8. The van der Waals surface area contributed by atoms with Crippen molar-refractivity contribution in [2.75, 3.05) is 6.61 Å². The van der Waals surface area contributed by atoms with Crippen molar-refractivity contribution in [2.45, 2.75) is 25.0 Å². The van der Waals surface area contributed by atoms with Crippen molar-refractivity contribution in [1.29, 1.82) is 0 Å². The standard InChI is InChI=1S/C17H18N4O3/c1-21-8-7-18-17(21)16-12(6-9-23-16)19-15(22)10-13-11-4-2-3-5-14(11)24-20-13/h2-5,7-8,12,16H,6,9-10H2,1H3,(H,19,22)/t12-,16-/m0/s1. The molecule has 1 amide bonds. The SMILES string of the molecule is Cn1ccnc1[C@H]1OCC[C@@H]1NC(=O)Cc1noc2ccccc12. The summed E-state index contributed by atoms with van der Waals surface area (Å²) in [6.45, 7) is 0.607. The van der Waals surface area contributed by atoms with E-state index in [-0.39, 0.29) is 24.5 Å². The molecule has 1 fully saturated rings. The third-order valence-corrected chi connectivity index (χ3v) is 4.33. The Hall–Kier alpha value is -2.67. The molecule has 124 valence electrons. The van der Waals surface area contributed by atoms with E-state index >= 15 is 0 Å². The van der Waals surface area contributed by atoms with Gasteiger partial charge in [-0.3, -0.25) is 4.79 Å². The Bertz CT molecular complexity index is 869. The molecule has 0 radical (unpaired) electrons. The summed E-state index contributed by atoms with van der Waals surface area (Å²) < 4.78 is 12.9. The van der Waals surface area contributed by atoms with Gasteiger partial charge >= 0.3 is 0 Å². The first kappa shape index (κ1) is 14.9. The molecule has 3 heterocycles. The maximum absolute atomic E-state index is 12.4. The Morgan fingerprint density at radius 2 is 2.29 bits per heavy atom. The summed E-state index contributed by atoms with van der Waals surface area (Å²) in [5.41, 5.74) is 1.34. The summed E-state index contributed by atoms with van der Waals surface area (Å²) in [6, 6.07) is 7.44. The summed E-state index contributed by atoms with van der Waals surface area (Å²) in [5, 5.41) is 7.93. The average molecular weight is 326 g/mol. The van der Waals surface area contributed by atoms with Gasteiger partial charge in [-0.1, -0.05) is 17.3 Å². The zero-order chi connectivity index (χ0) is 16.5. The Morgan fingerprint density at radius 1 is 1.42 bits per heavy atom. The van der Waals surface area contributed by atoms with Crippen LogP contribution in [0.15, 0.2) is 41.2 Å². The van der Waals surface area contributed by atoms with Gasteiger partial charge in [-0.25, -0.2) is 4.98 Å². The quantitative estimate of drug-likeness (QED) is 0.790. The van der Waals surface area contributed by atoms with E-state index in [1.165, 1.54) is 0 Å². The number of fused-ring (bicyclic) bond motifs is 1. The second kappa shape index (κ2) is 6.09. The molecule has 1 aliphatic heterocycles. The number of aryl methyl sites for hydroxylation is 1. The maximum Gasteiger partial charge on any atom is 0.226 e. The number of rotatable bonds is 4. The van der Waals surface area contributed by atoms with Crippen LogP contribution in [0.4, 0.5) is 0 Å². The number of benzene rings is 1. The van der Waals surface area contributed by atoms with Gasteiger partial charge in [0.15, 0.2) is 5.58 Å². The number of nitrogens with zero attached hydrogens (tertiary/aromatic N) is 3. The van der Waals surface area contributed by atoms with Crippen LogP contribution in [0.1, 0.15) is 24.0 Å². The third kappa shape index (κ3) is 2.67. The monoisotopic (exact) mass is 326 g/mol. The van der Waals surface area contributed by atoms with Gasteiger partial charge < -0.3 is 19.1 Å². The highest BCUT2D eigenvalue weighted by atomic mass is 16.5. The molecule has 2 aromatic heterocycles. The van der Waals surface area contributed by atoms with Crippen LogP contribution in [0.2, 0.25) is 0 Å².